The summed E-state index contributed by atoms with van der Waals surface area (Å²) >= 11 is 5.88. The number of rotatable bonds is 6. The minimum absolute atomic E-state index is 0.118. The number of sulfonamides is 1. The van der Waals surface area contributed by atoms with Gasteiger partial charge in [0.15, 0.2) is 0 Å². The third-order valence-electron chi connectivity index (χ3n) is 4.45. The molecule has 2 rings (SSSR count). The van der Waals surface area contributed by atoms with E-state index in [4.69, 9.17) is 16.7 Å². The highest BCUT2D eigenvalue weighted by atomic mass is 35.5. The molecule has 7 heteroatoms. The van der Waals surface area contributed by atoms with Crippen molar-refractivity contribution in [1.82, 2.24) is 0 Å². The summed E-state index contributed by atoms with van der Waals surface area (Å²) < 4.78 is 37.7. The molecule has 0 aromatic heterocycles. The molecular formula is C18H21ClFNO3S. The standard InChI is InChI=1S/C18H21ClFNO3S/c1-3-11(2)17(18(22)12-4-6-13(19)7-5-12)15-10-14(20)8-9-16(15)25(21,23)24/h4-11,17-18,22H,3H2,1-2H3,(H2,21,23,24)/t11-,17-,18?/m0/s1. The smallest absolute Gasteiger partial charge is 0.238 e. The lowest BCUT2D eigenvalue weighted by atomic mass is 9.79. The summed E-state index contributed by atoms with van der Waals surface area (Å²) in [7, 11) is -4.06. The fraction of sp³-hybridized carbons (Fsp3) is 0.333. The number of benzene rings is 2. The van der Waals surface area contributed by atoms with Crippen molar-refractivity contribution < 1.29 is 17.9 Å². The van der Waals surface area contributed by atoms with Gasteiger partial charge in [-0.25, -0.2) is 17.9 Å². The van der Waals surface area contributed by atoms with Crippen molar-refractivity contribution in [2.24, 2.45) is 11.1 Å². The van der Waals surface area contributed by atoms with Gasteiger partial charge in [0.2, 0.25) is 10.0 Å². The predicted molar refractivity (Wildman–Crippen MR) is 96.4 cm³/mol. The molecule has 3 atom stereocenters. The van der Waals surface area contributed by atoms with Crippen molar-refractivity contribution in [2.45, 2.75) is 37.2 Å². The van der Waals surface area contributed by atoms with E-state index in [0.717, 1.165) is 18.2 Å². The second-order valence-corrected chi connectivity index (χ2v) is 8.10. The van der Waals surface area contributed by atoms with Crippen molar-refractivity contribution >= 4 is 21.6 Å². The third kappa shape index (κ3) is 4.58. The Bertz CT molecular complexity index is 840. The van der Waals surface area contributed by atoms with Crippen LogP contribution in [0.15, 0.2) is 47.4 Å². The Balaban J connectivity index is 2.63. The summed E-state index contributed by atoms with van der Waals surface area (Å²) in [6.07, 6.45) is -0.370. The maximum absolute atomic E-state index is 13.8. The molecule has 25 heavy (non-hydrogen) atoms. The second-order valence-electron chi connectivity index (χ2n) is 6.13. The number of hydrogen-bond donors (Lipinski definition) is 2. The van der Waals surface area contributed by atoms with Gasteiger partial charge in [0.1, 0.15) is 5.82 Å². The van der Waals surface area contributed by atoms with Gasteiger partial charge in [0.25, 0.3) is 0 Å². The van der Waals surface area contributed by atoms with Crippen LogP contribution in [-0.4, -0.2) is 13.5 Å². The summed E-state index contributed by atoms with van der Waals surface area (Å²) in [5.74, 6) is -1.35. The number of aliphatic hydroxyl groups excluding tert-OH is 1. The van der Waals surface area contributed by atoms with Crippen LogP contribution in [0.3, 0.4) is 0 Å². The largest absolute Gasteiger partial charge is 0.388 e. The Kier molecular flexibility index (Phi) is 6.21. The number of aliphatic hydroxyl groups is 1. The number of hydrogen-bond acceptors (Lipinski definition) is 3. The molecule has 0 bridgehead atoms. The van der Waals surface area contributed by atoms with Crippen molar-refractivity contribution in [2.75, 3.05) is 0 Å². The van der Waals surface area contributed by atoms with Crippen LogP contribution in [0, 0.1) is 11.7 Å². The lowest BCUT2D eigenvalue weighted by Crippen LogP contribution is -2.23. The monoisotopic (exact) mass is 385 g/mol. The highest BCUT2D eigenvalue weighted by Gasteiger charge is 2.32. The maximum Gasteiger partial charge on any atom is 0.238 e. The molecule has 0 heterocycles. The van der Waals surface area contributed by atoms with Crippen molar-refractivity contribution in [1.29, 1.82) is 0 Å². The molecule has 0 spiro atoms. The first-order valence-corrected chi connectivity index (χ1v) is 9.83. The van der Waals surface area contributed by atoms with Crippen molar-refractivity contribution in [3.63, 3.8) is 0 Å². The molecule has 4 nitrogen and oxygen atoms in total. The van der Waals surface area contributed by atoms with Crippen LogP contribution in [0.4, 0.5) is 4.39 Å². The first-order chi connectivity index (χ1) is 11.6. The molecule has 136 valence electrons. The van der Waals surface area contributed by atoms with Gasteiger partial charge in [-0.05, 0) is 47.4 Å². The molecule has 0 aliphatic carbocycles. The number of halogens is 2. The van der Waals surface area contributed by atoms with Gasteiger partial charge in [-0.1, -0.05) is 44.0 Å². The summed E-state index contributed by atoms with van der Waals surface area (Å²) in [6.45, 7) is 3.80. The first kappa shape index (κ1) is 19.8. The summed E-state index contributed by atoms with van der Waals surface area (Å²) in [6, 6.07) is 9.93. The van der Waals surface area contributed by atoms with Gasteiger partial charge in [-0.15, -0.1) is 0 Å². The zero-order valence-electron chi connectivity index (χ0n) is 14.0. The van der Waals surface area contributed by atoms with Gasteiger partial charge >= 0.3 is 0 Å². The van der Waals surface area contributed by atoms with E-state index in [2.05, 4.69) is 0 Å². The molecule has 2 aromatic carbocycles. The molecular weight excluding hydrogens is 365 g/mol. The number of primary sulfonamides is 1. The van der Waals surface area contributed by atoms with Gasteiger partial charge in [-0.3, -0.25) is 0 Å². The summed E-state index contributed by atoms with van der Waals surface area (Å²) in [5.41, 5.74) is 0.749. The fourth-order valence-electron chi connectivity index (χ4n) is 2.95. The van der Waals surface area contributed by atoms with E-state index in [1.807, 2.05) is 13.8 Å². The van der Waals surface area contributed by atoms with E-state index in [-0.39, 0.29) is 16.4 Å². The Morgan fingerprint density at radius 3 is 2.32 bits per heavy atom. The normalized spacial score (nSPS) is 15.6. The minimum atomic E-state index is -4.06. The number of nitrogens with two attached hydrogens (primary N) is 1. The second kappa shape index (κ2) is 7.83. The lowest BCUT2D eigenvalue weighted by Gasteiger charge is -2.30. The van der Waals surface area contributed by atoms with Crippen LogP contribution in [0.2, 0.25) is 5.02 Å². The van der Waals surface area contributed by atoms with E-state index in [1.54, 1.807) is 24.3 Å². The maximum atomic E-state index is 13.8. The quantitative estimate of drug-likeness (QED) is 0.788. The summed E-state index contributed by atoms with van der Waals surface area (Å²) in [5, 5.41) is 16.7. The Labute approximate surface area is 152 Å². The van der Waals surface area contributed by atoms with Crippen molar-refractivity contribution in [3.8, 4) is 0 Å². The molecule has 0 fully saturated rings. The SMILES string of the molecule is CC[C@H](C)[C@@H](c1cc(F)ccc1S(N)(=O)=O)C(O)c1ccc(Cl)cc1. The molecule has 0 saturated heterocycles. The summed E-state index contributed by atoms with van der Waals surface area (Å²) in [4.78, 5) is -0.174. The van der Waals surface area contributed by atoms with Crippen LogP contribution in [0.25, 0.3) is 0 Å². The van der Waals surface area contributed by atoms with Crippen LogP contribution < -0.4 is 5.14 Å². The molecule has 1 unspecified atom stereocenters. The molecule has 0 saturated carbocycles. The van der Waals surface area contributed by atoms with Gasteiger partial charge in [0.05, 0.1) is 11.0 Å². The Hall–Kier alpha value is -1.47. The van der Waals surface area contributed by atoms with Crippen LogP contribution >= 0.6 is 11.6 Å². The highest BCUT2D eigenvalue weighted by Crippen LogP contribution is 2.41. The Morgan fingerprint density at radius 1 is 1.20 bits per heavy atom. The van der Waals surface area contributed by atoms with E-state index in [1.165, 1.54) is 0 Å². The lowest BCUT2D eigenvalue weighted by molar-refractivity contribution is 0.116. The fourth-order valence-corrected chi connectivity index (χ4v) is 3.86. The predicted octanol–water partition coefficient (Wildman–Crippen LogP) is 3.99. The minimum Gasteiger partial charge on any atom is -0.388 e. The topological polar surface area (TPSA) is 80.4 Å². The van der Waals surface area contributed by atoms with Crippen LogP contribution in [0.1, 0.15) is 43.4 Å². The zero-order chi connectivity index (χ0) is 18.8. The van der Waals surface area contributed by atoms with Gasteiger partial charge < -0.3 is 5.11 Å². The van der Waals surface area contributed by atoms with Crippen molar-refractivity contribution in [3.05, 3.63) is 64.4 Å². The van der Waals surface area contributed by atoms with Crippen LogP contribution in [-0.2, 0) is 10.0 Å². The van der Waals surface area contributed by atoms with Crippen LogP contribution in [0.5, 0.6) is 0 Å². The Morgan fingerprint density at radius 2 is 1.80 bits per heavy atom. The third-order valence-corrected chi connectivity index (χ3v) is 5.68. The average molecular weight is 386 g/mol. The van der Waals surface area contributed by atoms with E-state index >= 15 is 0 Å². The zero-order valence-corrected chi connectivity index (χ0v) is 15.6. The molecule has 0 aliphatic rings. The molecule has 0 radical (unpaired) electrons. The highest BCUT2D eigenvalue weighted by molar-refractivity contribution is 7.89. The van der Waals surface area contributed by atoms with E-state index in [9.17, 15) is 17.9 Å². The molecule has 0 amide bonds. The van der Waals surface area contributed by atoms with E-state index < -0.39 is 27.9 Å². The average Bonchev–Trinajstić information content (AvgIpc) is 2.54. The van der Waals surface area contributed by atoms with Gasteiger partial charge in [-0.2, -0.15) is 0 Å². The first-order valence-electron chi connectivity index (χ1n) is 7.91. The van der Waals surface area contributed by atoms with E-state index in [0.29, 0.717) is 17.0 Å². The molecule has 0 aliphatic heterocycles. The molecule has 3 N–H and O–H groups in total. The van der Waals surface area contributed by atoms with Gasteiger partial charge in [0, 0.05) is 10.9 Å². The molecule has 2 aromatic rings.